The van der Waals surface area contributed by atoms with Crippen LogP contribution >= 0.6 is 11.3 Å². The largest absolute Gasteiger partial charge is 0.374 e. The fraction of sp³-hybridized carbons (Fsp3) is 0.529. The molecule has 6 nitrogen and oxygen atoms in total. The van der Waals surface area contributed by atoms with Gasteiger partial charge in [0.1, 0.15) is 0 Å². The minimum absolute atomic E-state index is 0.133. The second-order valence-electron chi connectivity index (χ2n) is 6.51. The van der Waals surface area contributed by atoms with Gasteiger partial charge in [-0.1, -0.05) is 0 Å². The molecule has 2 aromatic heterocycles. The van der Waals surface area contributed by atoms with E-state index in [-0.39, 0.29) is 18.1 Å². The number of ether oxygens (including phenoxy) is 1. The van der Waals surface area contributed by atoms with E-state index in [2.05, 4.69) is 14.5 Å². The number of hydrogen-bond donors (Lipinski definition) is 0. The average Bonchev–Trinajstić information content (AvgIpc) is 3.26. The maximum Gasteiger partial charge on any atom is 0.255 e. The Balaban J connectivity index is 1.49. The highest BCUT2D eigenvalue weighted by Crippen LogP contribution is 2.26. The summed E-state index contributed by atoms with van der Waals surface area (Å²) in [6.07, 6.45) is 4.87. The van der Waals surface area contributed by atoms with Gasteiger partial charge in [0.15, 0.2) is 0 Å². The number of morpholine rings is 1. The highest BCUT2D eigenvalue weighted by molar-refractivity contribution is 7.08. The molecule has 0 aliphatic carbocycles. The number of imidazole rings is 1. The summed E-state index contributed by atoms with van der Waals surface area (Å²) in [4.78, 5) is 21.5. The molecule has 0 saturated carbocycles. The van der Waals surface area contributed by atoms with Crippen LogP contribution in [0.4, 0.5) is 0 Å². The Bertz CT molecular complexity index is 699. The zero-order valence-corrected chi connectivity index (χ0v) is 14.6. The van der Waals surface area contributed by atoms with Gasteiger partial charge in [0.05, 0.1) is 36.3 Å². The Morgan fingerprint density at radius 1 is 1.46 bits per heavy atom. The first kappa shape index (κ1) is 15.8. The molecule has 0 radical (unpaired) electrons. The van der Waals surface area contributed by atoms with Crippen LogP contribution in [0.15, 0.2) is 29.4 Å². The smallest absolute Gasteiger partial charge is 0.255 e. The van der Waals surface area contributed by atoms with Crippen LogP contribution in [0.1, 0.15) is 22.5 Å². The predicted octanol–water partition coefficient (Wildman–Crippen LogP) is 1.60. The van der Waals surface area contributed by atoms with Crippen LogP contribution in [-0.2, 0) is 18.3 Å². The van der Waals surface area contributed by atoms with Crippen molar-refractivity contribution in [2.45, 2.75) is 25.1 Å². The summed E-state index contributed by atoms with van der Waals surface area (Å²) in [7, 11) is 2.02. The van der Waals surface area contributed by atoms with E-state index in [1.165, 1.54) is 5.69 Å². The summed E-state index contributed by atoms with van der Waals surface area (Å²) in [6.45, 7) is 4.02. The number of likely N-dealkylation sites (tertiary alicyclic amines) is 1. The van der Waals surface area contributed by atoms with Crippen molar-refractivity contribution in [2.75, 3.05) is 26.2 Å². The molecule has 24 heavy (non-hydrogen) atoms. The van der Waals surface area contributed by atoms with E-state index in [9.17, 15) is 4.79 Å². The summed E-state index contributed by atoms with van der Waals surface area (Å²) < 4.78 is 8.00. The fourth-order valence-corrected chi connectivity index (χ4v) is 4.28. The molecule has 2 fully saturated rings. The first-order valence-electron chi connectivity index (χ1n) is 8.34. The SMILES string of the molecule is Cn1cncc1CN1CC[C@@H]2OCCN(C(=O)c3ccsc3)[C@H]2C1. The number of fused-ring (bicyclic) bond motifs is 1. The Kier molecular flexibility index (Phi) is 4.39. The molecule has 2 saturated heterocycles. The van der Waals surface area contributed by atoms with Gasteiger partial charge in [-0.25, -0.2) is 4.98 Å². The lowest BCUT2D eigenvalue weighted by Gasteiger charge is -2.47. The van der Waals surface area contributed by atoms with E-state index < -0.39 is 0 Å². The number of aryl methyl sites for hydroxylation is 1. The van der Waals surface area contributed by atoms with Crippen LogP contribution in [0.2, 0.25) is 0 Å². The number of hydrogen-bond acceptors (Lipinski definition) is 5. The van der Waals surface area contributed by atoms with Crippen molar-refractivity contribution in [2.24, 2.45) is 7.05 Å². The summed E-state index contributed by atoms with van der Waals surface area (Å²) in [5.74, 6) is 0.136. The molecule has 4 rings (SSSR count). The number of amides is 1. The van der Waals surface area contributed by atoms with E-state index in [1.807, 2.05) is 41.3 Å². The quantitative estimate of drug-likeness (QED) is 0.847. The molecule has 4 heterocycles. The molecule has 0 aromatic carbocycles. The maximum atomic E-state index is 12.8. The monoisotopic (exact) mass is 346 g/mol. The third kappa shape index (κ3) is 2.99. The van der Waals surface area contributed by atoms with Crippen LogP contribution < -0.4 is 0 Å². The lowest BCUT2D eigenvalue weighted by Crippen LogP contribution is -2.61. The van der Waals surface area contributed by atoms with Crippen LogP contribution in [0.25, 0.3) is 0 Å². The van der Waals surface area contributed by atoms with Crippen LogP contribution in [0.3, 0.4) is 0 Å². The van der Waals surface area contributed by atoms with Gasteiger partial charge in [-0.15, -0.1) is 0 Å². The normalized spacial score (nSPS) is 24.8. The van der Waals surface area contributed by atoms with E-state index in [0.717, 1.165) is 31.6 Å². The summed E-state index contributed by atoms with van der Waals surface area (Å²) in [5, 5.41) is 3.89. The molecule has 0 N–H and O–H groups in total. The highest BCUT2D eigenvalue weighted by Gasteiger charge is 2.39. The molecule has 2 atom stereocenters. The van der Waals surface area contributed by atoms with Gasteiger partial charge in [0.25, 0.3) is 5.91 Å². The van der Waals surface area contributed by atoms with Crippen molar-refractivity contribution < 1.29 is 9.53 Å². The summed E-state index contributed by atoms with van der Waals surface area (Å²) in [6, 6.07) is 2.04. The average molecular weight is 346 g/mol. The molecule has 0 unspecified atom stereocenters. The van der Waals surface area contributed by atoms with Gasteiger partial charge in [-0.05, 0) is 17.9 Å². The molecule has 0 bridgehead atoms. The number of aromatic nitrogens is 2. The van der Waals surface area contributed by atoms with Crippen molar-refractivity contribution in [1.29, 1.82) is 0 Å². The Labute approximate surface area is 145 Å². The zero-order valence-electron chi connectivity index (χ0n) is 13.8. The number of carbonyl (C=O) groups is 1. The predicted molar refractivity (Wildman–Crippen MR) is 92.0 cm³/mol. The number of piperidine rings is 1. The summed E-state index contributed by atoms with van der Waals surface area (Å²) >= 11 is 1.57. The fourth-order valence-electron chi connectivity index (χ4n) is 3.65. The van der Waals surface area contributed by atoms with Gasteiger partial charge >= 0.3 is 0 Å². The van der Waals surface area contributed by atoms with E-state index >= 15 is 0 Å². The van der Waals surface area contributed by atoms with Gasteiger partial charge in [0.2, 0.25) is 0 Å². The van der Waals surface area contributed by atoms with Crippen molar-refractivity contribution in [3.8, 4) is 0 Å². The van der Waals surface area contributed by atoms with Crippen molar-refractivity contribution in [3.05, 3.63) is 40.6 Å². The van der Waals surface area contributed by atoms with Gasteiger partial charge in [-0.2, -0.15) is 11.3 Å². The van der Waals surface area contributed by atoms with Crippen molar-refractivity contribution in [1.82, 2.24) is 19.4 Å². The second-order valence-corrected chi connectivity index (χ2v) is 7.29. The van der Waals surface area contributed by atoms with Gasteiger partial charge < -0.3 is 14.2 Å². The molecular formula is C17H22N4O2S. The van der Waals surface area contributed by atoms with E-state index in [4.69, 9.17) is 4.74 Å². The molecular weight excluding hydrogens is 324 g/mol. The molecule has 1 amide bonds. The molecule has 2 aromatic rings. The first-order valence-corrected chi connectivity index (χ1v) is 9.29. The van der Waals surface area contributed by atoms with Crippen molar-refractivity contribution >= 4 is 17.2 Å². The molecule has 0 spiro atoms. The number of thiophene rings is 1. The van der Waals surface area contributed by atoms with Crippen LogP contribution in [0.5, 0.6) is 0 Å². The lowest BCUT2D eigenvalue weighted by molar-refractivity contribution is -0.0916. The Hall–Kier alpha value is -1.70. The minimum atomic E-state index is 0.133. The summed E-state index contributed by atoms with van der Waals surface area (Å²) in [5.41, 5.74) is 1.99. The third-order valence-electron chi connectivity index (χ3n) is 5.00. The van der Waals surface area contributed by atoms with E-state index in [1.54, 1.807) is 11.3 Å². The van der Waals surface area contributed by atoms with Gasteiger partial charge in [-0.3, -0.25) is 9.69 Å². The molecule has 7 heteroatoms. The first-order chi connectivity index (χ1) is 11.7. The minimum Gasteiger partial charge on any atom is -0.374 e. The highest BCUT2D eigenvalue weighted by atomic mass is 32.1. The lowest BCUT2D eigenvalue weighted by atomic mass is 9.98. The standard InChI is InChI=1S/C17H22N4O2S/c1-19-12-18-8-14(19)9-20-4-2-16-15(10-20)21(5-6-23-16)17(22)13-3-7-24-11-13/h3,7-8,11-12,15-16H,2,4-6,9-10H2,1H3/t15-,16-/m0/s1. The maximum absolute atomic E-state index is 12.8. The van der Waals surface area contributed by atoms with E-state index in [0.29, 0.717) is 13.2 Å². The number of rotatable bonds is 3. The second kappa shape index (κ2) is 6.66. The topological polar surface area (TPSA) is 50.6 Å². The van der Waals surface area contributed by atoms with Crippen LogP contribution in [0, 0.1) is 0 Å². The third-order valence-corrected chi connectivity index (χ3v) is 5.68. The van der Waals surface area contributed by atoms with Gasteiger partial charge in [0, 0.05) is 44.8 Å². The molecule has 2 aliphatic rings. The van der Waals surface area contributed by atoms with Crippen LogP contribution in [-0.4, -0.2) is 63.6 Å². The molecule has 2 aliphatic heterocycles. The molecule has 128 valence electrons. The Morgan fingerprint density at radius 3 is 3.12 bits per heavy atom. The van der Waals surface area contributed by atoms with Crippen molar-refractivity contribution in [3.63, 3.8) is 0 Å². The number of nitrogens with zero attached hydrogens (tertiary/aromatic N) is 4. The zero-order chi connectivity index (χ0) is 16.5. The Morgan fingerprint density at radius 2 is 2.38 bits per heavy atom. The number of carbonyl (C=O) groups excluding carboxylic acids is 1.